The molecule has 1 aliphatic rings. The van der Waals surface area contributed by atoms with Crippen LogP contribution >= 0.6 is 0 Å². The van der Waals surface area contributed by atoms with Gasteiger partial charge in [-0.15, -0.1) is 0 Å². The molecule has 1 N–H and O–H groups in total. The average Bonchev–Trinajstić information content (AvgIpc) is 3.07. The summed E-state index contributed by atoms with van der Waals surface area (Å²) in [4.78, 5) is 18.1. The fourth-order valence-corrected chi connectivity index (χ4v) is 2.38. The quantitative estimate of drug-likeness (QED) is 0.906. The third kappa shape index (κ3) is 2.32. The van der Waals surface area contributed by atoms with E-state index in [9.17, 15) is 9.90 Å². The molecule has 5 heteroatoms. The van der Waals surface area contributed by atoms with Gasteiger partial charge in [-0.25, -0.2) is 4.98 Å². The highest BCUT2D eigenvalue weighted by Gasteiger charge is 2.29. The summed E-state index contributed by atoms with van der Waals surface area (Å²) < 4.78 is 5.38. The molecule has 0 bridgehead atoms. The van der Waals surface area contributed by atoms with E-state index in [0.717, 1.165) is 11.1 Å². The Balaban J connectivity index is 1.90. The van der Waals surface area contributed by atoms with Gasteiger partial charge in [0.25, 0.3) is 5.91 Å². The molecule has 0 saturated carbocycles. The molecule has 2 heterocycles. The Morgan fingerprint density at radius 1 is 1.40 bits per heavy atom. The van der Waals surface area contributed by atoms with Crippen molar-refractivity contribution in [2.75, 3.05) is 13.1 Å². The van der Waals surface area contributed by atoms with Crippen molar-refractivity contribution in [1.82, 2.24) is 9.88 Å². The molecule has 3 rings (SSSR count). The number of carbonyl (C=O) groups is 1. The first-order chi connectivity index (χ1) is 9.65. The fourth-order valence-electron chi connectivity index (χ4n) is 2.38. The minimum Gasteiger partial charge on any atom is -0.443 e. The highest BCUT2D eigenvalue weighted by molar-refractivity contribution is 5.97. The van der Waals surface area contributed by atoms with E-state index in [4.69, 9.17) is 4.42 Å². The molecule has 1 aromatic heterocycles. The number of oxazole rings is 1. The maximum Gasteiger partial charge on any atom is 0.276 e. The number of hydrogen-bond donors (Lipinski definition) is 1. The second kappa shape index (κ2) is 5.09. The molecule has 5 nitrogen and oxygen atoms in total. The molecule has 104 valence electrons. The van der Waals surface area contributed by atoms with E-state index >= 15 is 0 Å². The van der Waals surface area contributed by atoms with Gasteiger partial charge >= 0.3 is 0 Å². The number of rotatable bonds is 2. The van der Waals surface area contributed by atoms with Crippen molar-refractivity contribution in [1.29, 1.82) is 0 Å². The average molecular weight is 272 g/mol. The second-order valence-electron chi connectivity index (χ2n) is 5.09. The predicted molar refractivity (Wildman–Crippen MR) is 73.2 cm³/mol. The van der Waals surface area contributed by atoms with Gasteiger partial charge in [-0.05, 0) is 13.3 Å². The van der Waals surface area contributed by atoms with Gasteiger partial charge < -0.3 is 14.4 Å². The van der Waals surface area contributed by atoms with Crippen LogP contribution in [0.2, 0.25) is 0 Å². The Kier molecular flexibility index (Phi) is 3.28. The SMILES string of the molecule is Cc1ccc(-c2ocnc2C(=O)N2CC[C@H](O)C2)cc1. The van der Waals surface area contributed by atoms with Crippen LogP contribution in [0.1, 0.15) is 22.5 Å². The topological polar surface area (TPSA) is 66.6 Å². The number of benzene rings is 1. The number of hydrogen-bond acceptors (Lipinski definition) is 4. The van der Waals surface area contributed by atoms with Crippen LogP contribution in [0.3, 0.4) is 0 Å². The minimum atomic E-state index is -0.436. The maximum atomic E-state index is 12.4. The monoisotopic (exact) mass is 272 g/mol. The Bertz CT molecular complexity index is 618. The van der Waals surface area contributed by atoms with E-state index in [1.807, 2.05) is 31.2 Å². The highest BCUT2D eigenvalue weighted by Crippen LogP contribution is 2.25. The Morgan fingerprint density at radius 3 is 2.80 bits per heavy atom. The van der Waals surface area contributed by atoms with Crippen LogP contribution < -0.4 is 0 Å². The summed E-state index contributed by atoms with van der Waals surface area (Å²) in [5.74, 6) is 0.294. The van der Waals surface area contributed by atoms with Gasteiger partial charge in [-0.2, -0.15) is 0 Å². The molecule has 0 unspecified atom stereocenters. The van der Waals surface area contributed by atoms with Gasteiger partial charge in [-0.1, -0.05) is 29.8 Å². The van der Waals surface area contributed by atoms with Crippen LogP contribution in [0.5, 0.6) is 0 Å². The molecule has 20 heavy (non-hydrogen) atoms. The summed E-state index contributed by atoms with van der Waals surface area (Å²) in [6, 6.07) is 7.74. The Hall–Kier alpha value is -2.14. The van der Waals surface area contributed by atoms with Crippen LogP contribution in [-0.2, 0) is 0 Å². The van der Waals surface area contributed by atoms with Crippen LogP contribution in [0, 0.1) is 6.92 Å². The fraction of sp³-hybridized carbons (Fsp3) is 0.333. The summed E-state index contributed by atoms with van der Waals surface area (Å²) in [5, 5.41) is 9.53. The van der Waals surface area contributed by atoms with Gasteiger partial charge in [-0.3, -0.25) is 4.79 Å². The molecule has 0 radical (unpaired) electrons. The number of aromatic nitrogens is 1. The lowest BCUT2D eigenvalue weighted by atomic mass is 10.1. The summed E-state index contributed by atoms with van der Waals surface area (Å²) in [6.07, 6.45) is 1.46. The normalized spacial score (nSPS) is 18.5. The summed E-state index contributed by atoms with van der Waals surface area (Å²) in [5.41, 5.74) is 2.28. The first-order valence-corrected chi connectivity index (χ1v) is 6.63. The van der Waals surface area contributed by atoms with Crippen LogP contribution in [-0.4, -0.2) is 40.1 Å². The van der Waals surface area contributed by atoms with E-state index in [-0.39, 0.29) is 5.91 Å². The molecule has 0 aliphatic carbocycles. The van der Waals surface area contributed by atoms with E-state index in [1.165, 1.54) is 6.39 Å². The Morgan fingerprint density at radius 2 is 2.15 bits per heavy atom. The number of β-amino-alcohol motifs (C(OH)–C–C–N with tert-alkyl or cyclic N) is 1. The Labute approximate surface area is 116 Å². The number of aryl methyl sites for hydroxylation is 1. The van der Waals surface area contributed by atoms with E-state index < -0.39 is 6.10 Å². The second-order valence-corrected chi connectivity index (χ2v) is 5.09. The zero-order valence-corrected chi connectivity index (χ0v) is 11.2. The molecule has 1 aliphatic heterocycles. The predicted octanol–water partition coefficient (Wildman–Crippen LogP) is 1.86. The van der Waals surface area contributed by atoms with Crippen LogP contribution in [0.15, 0.2) is 35.1 Å². The summed E-state index contributed by atoms with van der Waals surface area (Å²) in [6.45, 7) is 2.92. The van der Waals surface area contributed by atoms with E-state index in [1.54, 1.807) is 4.90 Å². The largest absolute Gasteiger partial charge is 0.443 e. The molecule has 0 spiro atoms. The highest BCUT2D eigenvalue weighted by atomic mass is 16.3. The standard InChI is InChI=1S/C15H16N2O3/c1-10-2-4-11(5-3-10)14-13(16-9-20-14)15(19)17-7-6-12(18)8-17/h2-5,9,12,18H,6-8H2,1H3/t12-/m0/s1. The molecular formula is C15H16N2O3. The van der Waals surface area contributed by atoms with E-state index in [0.29, 0.717) is 31.0 Å². The van der Waals surface area contributed by atoms with Crippen LogP contribution in [0.4, 0.5) is 0 Å². The summed E-state index contributed by atoms with van der Waals surface area (Å²) >= 11 is 0. The zero-order chi connectivity index (χ0) is 14.1. The lowest BCUT2D eigenvalue weighted by Crippen LogP contribution is -2.30. The molecule has 1 atom stereocenters. The van der Waals surface area contributed by atoms with Crippen molar-refractivity contribution in [3.63, 3.8) is 0 Å². The third-order valence-corrected chi connectivity index (χ3v) is 3.53. The molecule has 1 amide bonds. The molecule has 1 fully saturated rings. The van der Waals surface area contributed by atoms with Crippen molar-refractivity contribution in [2.24, 2.45) is 0 Å². The molecule has 2 aromatic rings. The van der Waals surface area contributed by atoms with E-state index in [2.05, 4.69) is 4.98 Å². The van der Waals surface area contributed by atoms with Gasteiger partial charge in [0.2, 0.25) is 0 Å². The third-order valence-electron chi connectivity index (χ3n) is 3.53. The van der Waals surface area contributed by atoms with Crippen molar-refractivity contribution < 1.29 is 14.3 Å². The van der Waals surface area contributed by atoms with Gasteiger partial charge in [0.1, 0.15) is 0 Å². The number of carbonyl (C=O) groups excluding carboxylic acids is 1. The maximum absolute atomic E-state index is 12.4. The lowest BCUT2D eigenvalue weighted by Gasteiger charge is -2.14. The van der Waals surface area contributed by atoms with Gasteiger partial charge in [0.05, 0.1) is 6.10 Å². The number of likely N-dealkylation sites (tertiary alicyclic amines) is 1. The first kappa shape index (κ1) is 12.9. The van der Waals surface area contributed by atoms with Gasteiger partial charge in [0, 0.05) is 18.7 Å². The number of nitrogens with zero attached hydrogens (tertiary/aromatic N) is 2. The number of amides is 1. The number of aliphatic hydroxyl groups is 1. The van der Waals surface area contributed by atoms with Gasteiger partial charge in [0.15, 0.2) is 17.8 Å². The molecule has 1 aromatic carbocycles. The summed E-state index contributed by atoms with van der Waals surface area (Å²) in [7, 11) is 0. The minimum absolute atomic E-state index is 0.189. The van der Waals surface area contributed by atoms with Crippen molar-refractivity contribution in [2.45, 2.75) is 19.4 Å². The first-order valence-electron chi connectivity index (χ1n) is 6.63. The smallest absolute Gasteiger partial charge is 0.276 e. The van der Waals surface area contributed by atoms with Crippen molar-refractivity contribution in [3.05, 3.63) is 41.9 Å². The van der Waals surface area contributed by atoms with Crippen LogP contribution in [0.25, 0.3) is 11.3 Å². The lowest BCUT2D eigenvalue weighted by molar-refractivity contribution is 0.0760. The molecular weight excluding hydrogens is 256 g/mol. The van der Waals surface area contributed by atoms with Crippen molar-refractivity contribution in [3.8, 4) is 11.3 Å². The zero-order valence-electron chi connectivity index (χ0n) is 11.2. The van der Waals surface area contributed by atoms with Crippen molar-refractivity contribution >= 4 is 5.91 Å². The number of aliphatic hydroxyl groups excluding tert-OH is 1. The molecule has 1 saturated heterocycles.